The van der Waals surface area contributed by atoms with E-state index < -0.39 is 0 Å². The molecule has 1 aromatic rings. The normalized spacial score (nSPS) is 9.30. The highest BCUT2D eigenvalue weighted by Crippen LogP contribution is 2.12. The number of rotatable bonds is 1. The summed E-state index contributed by atoms with van der Waals surface area (Å²) in [6, 6.07) is 5.87. The second kappa shape index (κ2) is 2.56. The fourth-order valence-corrected chi connectivity index (χ4v) is 0.826. The maximum absolute atomic E-state index is 5.61. The molecule has 0 aliphatic carbocycles. The number of hydrogen-bond donors (Lipinski definition) is 1. The van der Waals surface area contributed by atoms with Crippen LogP contribution >= 0.6 is 0 Å². The number of aryl methyl sites for hydroxylation is 1. The van der Waals surface area contributed by atoms with Crippen molar-refractivity contribution in [3.05, 3.63) is 35.9 Å². The van der Waals surface area contributed by atoms with Gasteiger partial charge in [-0.3, -0.25) is 0 Å². The molecule has 0 aliphatic heterocycles. The number of nitrogens with two attached hydrogens (primary N) is 1. The van der Waals surface area contributed by atoms with Crippen LogP contribution in [0.5, 0.6) is 0 Å². The van der Waals surface area contributed by atoms with Crippen molar-refractivity contribution in [3.63, 3.8) is 0 Å². The molecule has 0 saturated heterocycles. The zero-order valence-corrected chi connectivity index (χ0v) is 6.09. The smallest absolute Gasteiger partial charge is 0.0344 e. The zero-order chi connectivity index (χ0) is 7.56. The molecule has 0 bridgehead atoms. The predicted octanol–water partition coefficient (Wildman–Crippen LogP) is 2.22. The van der Waals surface area contributed by atoms with Gasteiger partial charge in [-0.1, -0.05) is 24.8 Å². The van der Waals surface area contributed by atoms with Gasteiger partial charge in [-0.2, -0.15) is 0 Å². The van der Waals surface area contributed by atoms with Crippen molar-refractivity contribution in [1.29, 1.82) is 0 Å². The van der Waals surface area contributed by atoms with E-state index in [0.29, 0.717) is 0 Å². The van der Waals surface area contributed by atoms with Gasteiger partial charge in [0.25, 0.3) is 0 Å². The van der Waals surface area contributed by atoms with Gasteiger partial charge in [-0.15, -0.1) is 0 Å². The number of benzene rings is 1. The molecule has 10 heavy (non-hydrogen) atoms. The second-order valence-corrected chi connectivity index (χ2v) is 2.32. The molecule has 1 heteroatoms. The van der Waals surface area contributed by atoms with Crippen molar-refractivity contribution in [2.75, 3.05) is 5.73 Å². The van der Waals surface area contributed by atoms with Crippen LogP contribution in [-0.4, -0.2) is 0 Å². The van der Waals surface area contributed by atoms with E-state index in [1.165, 1.54) is 0 Å². The summed E-state index contributed by atoms with van der Waals surface area (Å²) in [6.45, 7) is 5.65. The van der Waals surface area contributed by atoms with Crippen LogP contribution in [0.3, 0.4) is 0 Å². The molecule has 1 rings (SSSR count). The van der Waals surface area contributed by atoms with Gasteiger partial charge in [-0.05, 0) is 24.1 Å². The molecular formula is C9H11N. The molecule has 2 N–H and O–H groups in total. The monoisotopic (exact) mass is 133 g/mol. The molecule has 1 aromatic carbocycles. The van der Waals surface area contributed by atoms with Crippen molar-refractivity contribution in [2.24, 2.45) is 0 Å². The maximum Gasteiger partial charge on any atom is 0.0344 e. The van der Waals surface area contributed by atoms with E-state index in [0.717, 1.165) is 16.8 Å². The van der Waals surface area contributed by atoms with E-state index in [1.54, 1.807) is 0 Å². The quantitative estimate of drug-likeness (QED) is 0.584. The van der Waals surface area contributed by atoms with Gasteiger partial charge in [0.1, 0.15) is 0 Å². The Morgan fingerprint density at radius 3 is 2.70 bits per heavy atom. The van der Waals surface area contributed by atoms with E-state index in [4.69, 9.17) is 5.73 Å². The maximum atomic E-state index is 5.61. The van der Waals surface area contributed by atoms with E-state index in [9.17, 15) is 0 Å². The standard InChI is InChI=1S/C9H11N/c1-3-8-4-5-9(10)7(2)6-8/h3-6H,1,10H2,2H3. The molecule has 1 nitrogen and oxygen atoms in total. The lowest BCUT2D eigenvalue weighted by Crippen LogP contribution is -1.88. The van der Waals surface area contributed by atoms with Gasteiger partial charge in [0.2, 0.25) is 0 Å². The van der Waals surface area contributed by atoms with Crippen LogP contribution in [0, 0.1) is 6.92 Å². The molecule has 0 saturated carbocycles. The number of nitrogen functional groups attached to an aromatic ring is 1. The number of hydrogen-bond acceptors (Lipinski definition) is 1. The third-order valence-corrected chi connectivity index (χ3v) is 1.53. The molecule has 0 amide bonds. The molecule has 0 aliphatic rings. The summed E-state index contributed by atoms with van der Waals surface area (Å²) in [5.41, 5.74) is 8.67. The predicted molar refractivity (Wildman–Crippen MR) is 45.7 cm³/mol. The first-order valence-corrected chi connectivity index (χ1v) is 3.22. The second-order valence-electron chi connectivity index (χ2n) is 2.32. The van der Waals surface area contributed by atoms with Gasteiger partial charge in [0.05, 0.1) is 0 Å². The largest absolute Gasteiger partial charge is 0.399 e. The summed E-state index contributed by atoms with van der Waals surface area (Å²) < 4.78 is 0. The van der Waals surface area contributed by atoms with E-state index in [1.807, 2.05) is 31.2 Å². The molecule has 52 valence electrons. The minimum absolute atomic E-state index is 0.839. The Kier molecular flexibility index (Phi) is 1.76. The fourth-order valence-electron chi connectivity index (χ4n) is 0.826. The molecule has 0 atom stereocenters. The van der Waals surface area contributed by atoms with Crippen LogP contribution in [0.25, 0.3) is 6.08 Å². The molecule has 0 unspecified atom stereocenters. The highest BCUT2D eigenvalue weighted by atomic mass is 14.5. The summed E-state index contributed by atoms with van der Waals surface area (Å²) in [5.74, 6) is 0. The Morgan fingerprint density at radius 1 is 1.50 bits per heavy atom. The van der Waals surface area contributed by atoms with Gasteiger partial charge >= 0.3 is 0 Å². The first-order valence-electron chi connectivity index (χ1n) is 3.22. The molecule has 0 heterocycles. The number of anilines is 1. The van der Waals surface area contributed by atoms with Crippen LogP contribution in [0.4, 0.5) is 5.69 Å². The highest BCUT2D eigenvalue weighted by Gasteiger charge is 1.91. The topological polar surface area (TPSA) is 26.0 Å². The molecule has 0 fully saturated rings. The van der Waals surface area contributed by atoms with Crippen molar-refractivity contribution in [1.82, 2.24) is 0 Å². The average Bonchev–Trinajstić information content (AvgIpc) is 1.95. The first kappa shape index (κ1) is 6.87. The van der Waals surface area contributed by atoms with Crippen molar-refractivity contribution >= 4 is 11.8 Å². The third-order valence-electron chi connectivity index (χ3n) is 1.53. The first-order chi connectivity index (χ1) is 4.74. The Hall–Kier alpha value is -1.24. The van der Waals surface area contributed by atoms with Crippen LogP contribution in [0.15, 0.2) is 24.8 Å². The zero-order valence-electron chi connectivity index (χ0n) is 6.09. The van der Waals surface area contributed by atoms with E-state index in [-0.39, 0.29) is 0 Å². The van der Waals surface area contributed by atoms with Gasteiger partial charge < -0.3 is 5.73 Å². The Balaban J connectivity index is 3.16. The lowest BCUT2D eigenvalue weighted by Gasteiger charge is -1.99. The van der Waals surface area contributed by atoms with Gasteiger partial charge in [-0.25, -0.2) is 0 Å². The molecular weight excluding hydrogens is 122 g/mol. The van der Waals surface area contributed by atoms with Crippen molar-refractivity contribution in [3.8, 4) is 0 Å². The van der Waals surface area contributed by atoms with Crippen LogP contribution in [0.2, 0.25) is 0 Å². The van der Waals surface area contributed by atoms with Crippen molar-refractivity contribution < 1.29 is 0 Å². The molecule has 0 aromatic heterocycles. The lowest BCUT2D eigenvalue weighted by atomic mass is 10.1. The summed E-state index contributed by atoms with van der Waals surface area (Å²) in [6.07, 6.45) is 1.81. The highest BCUT2D eigenvalue weighted by molar-refractivity contribution is 5.55. The van der Waals surface area contributed by atoms with E-state index >= 15 is 0 Å². The van der Waals surface area contributed by atoms with Crippen molar-refractivity contribution in [2.45, 2.75) is 6.92 Å². The summed E-state index contributed by atoms with van der Waals surface area (Å²) >= 11 is 0. The van der Waals surface area contributed by atoms with Gasteiger partial charge in [0.15, 0.2) is 0 Å². The minimum atomic E-state index is 0.839. The molecule has 0 spiro atoms. The van der Waals surface area contributed by atoms with Crippen LogP contribution in [-0.2, 0) is 0 Å². The summed E-state index contributed by atoms with van der Waals surface area (Å²) in [5, 5.41) is 0. The Morgan fingerprint density at radius 2 is 2.20 bits per heavy atom. The lowest BCUT2D eigenvalue weighted by molar-refractivity contribution is 1.46. The Labute approximate surface area is 61.2 Å². The van der Waals surface area contributed by atoms with Crippen LogP contribution in [0.1, 0.15) is 11.1 Å². The van der Waals surface area contributed by atoms with E-state index in [2.05, 4.69) is 6.58 Å². The summed E-state index contributed by atoms with van der Waals surface area (Å²) in [4.78, 5) is 0. The third kappa shape index (κ3) is 1.18. The SMILES string of the molecule is C=Cc1ccc(N)c(C)c1. The molecule has 0 radical (unpaired) electrons. The Bertz CT molecular complexity index is 251. The fraction of sp³-hybridized carbons (Fsp3) is 0.111. The summed E-state index contributed by atoms with van der Waals surface area (Å²) in [7, 11) is 0. The van der Waals surface area contributed by atoms with Gasteiger partial charge in [0, 0.05) is 5.69 Å². The average molecular weight is 133 g/mol. The van der Waals surface area contributed by atoms with Crippen LogP contribution < -0.4 is 5.73 Å². The minimum Gasteiger partial charge on any atom is -0.399 e.